The Morgan fingerprint density at radius 1 is 1.24 bits per heavy atom. The summed E-state index contributed by atoms with van der Waals surface area (Å²) in [6.07, 6.45) is 6.21. The summed E-state index contributed by atoms with van der Waals surface area (Å²) in [5.41, 5.74) is 1.42. The zero-order chi connectivity index (χ0) is 20.2. The molecule has 0 aliphatic rings. The summed E-state index contributed by atoms with van der Waals surface area (Å²) >= 11 is 7.58. The topological polar surface area (TPSA) is 60.2 Å². The van der Waals surface area contributed by atoms with Crippen molar-refractivity contribution < 1.29 is 9.53 Å². The maximum atomic E-state index is 13.3. The highest BCUT2D eigenvalue weighted by molar-refractivity contribution is 7.22. The van der Waals surface area contributed by atoms with Crippen LogP contribution in [0.2, 0.25) is 5.02 Å². The number of imidazole rings is 1. The summed E-state index contributed by atoms with van der Waals surface area (Å²) in [5.74, 6) is 0.617. The molecule has 2 aromatic heterocycles. The van der Waals surface area contributed by atoms with Crippen LogP contribution in [0.1, 0.15) is 16.8 Å². The highest BCUT2D eigenvalue weighted by Gasteiger charge is 2.21. The van der Waals surface area contributed by atoms with Crippen molar-refractivity contribution in [2.45, 2.75) is 13.0 Å². The average molecular weight is 427 g/mol. The fourth-order valence-electron chi connectivity index (χ4n) is 3.01. The van der Waals surface area contributed by atoms with Gasteiger partial charge in [-0.15, -0.1) is 0 Å². The third-order valence-corrected chi connectivity index (χ3v) is 5.79. The van der Waals surface area contributed by atoms with Gasteiger partial charge in [0.15, 0.2) is 5.13 Å². The van der Waals surface area contributed by atoms with Gasteiger partial charge in [-0.1, -0.05) is 22.9 Å². The summed E-state index contributed by atoms with van der Waals surface area (Å²) in [6.45, 7) is 1.31. The van der Waals surface area contributed by atoms with E-state index in [1.165, 1.54) is 11.3 Å². The first-order valence-electron chi connectivity index (χ1n) is 9.12. The molecule has 1 amide bonds. The fourth-order valence-corrected chi connectivity index (χ4v) is 4.27. The number of ether oxygens (including phenoxy) is 1. The molecule has 0 atom stereocenters. The van der Waals surface area contributed by atoms with Crippen molar-refractivity contribution in [1.29, 1.82) is 0 Å². The normalized spacial score (nSPS) is 11.0. The number of carbonyl (C=O) groups is 1. The molecule has 148 valence electrons. The zero-order valence-corrected chi connectivity index (χ0v) is 17.4. The van der Waals surface area contributed by atoms with E-state index in [4.69, 9.17) is 16.3 Å². The predicted molar refractivity (Wildman–Crippen MR) is 116 cm³/mol. The molecule has 0 fully saturated rings. The van der Waals surface area contributed by atoms with Crippen molar-refractivity contribution in [1.82, 2.24) is 14.5 Å². The number of methoxy groups -OCH3 is 1. The van der Waals surface area contributed by atoms with E-state index in [2.05, 4.69) is 9.97 Å². The Morgan fingerprint density at radius 3 is 2.79 bits per heavy atom. The largest absolute Gasteiger partial charge is 0.497 e. The Kier molecular flexibility index (Phi) is 5.78. The van der Waals surface area contributed by atoms with Crippen LogP contribution in [-0.2, 0) is 6.54 Å². The van der Waals surface area contributed by atoms with Crippen LogP contribution in [0.4, 0.5) is 5.13 Å². The van der Waals surface area contributed by atoms with Crippen molar-refractivity contribution in [2.24, 2.45) is 0 Å². The first-order valence-corrected chi connectivity index (χ1v) is 10.3. The number of fused-ring (bicyclic) bond motifs is 1. The van der Waals surface area contributed by atoms with Gasteiger partial charge in [-0.05, 0) is 48.9 Å². The van der Waals surface area contributed by atoms with E-state index >= 15 is 0 Å². The van der Waals surface area contributed by atoms with E-state index in [9.17, 15) is 4.79 Å². The molecule has 0 radical (unpaired) electrons. The maximum Gasteiger partial charge on any atom is 0.260 e. The summed E-state index contributed by atoms with van der Waals surface area (Å²) in [7, 11) is 1.60. The number of halogens is 1. The first-order chi connectivity index (χ1) is 14.1. The van der Waals surface area contributed by atoms with Crippen molar-refractivity contribution in [3.63, 3.8) is 0 Å². The lowest BCUT2D eigenvalue weighted by molar-refractivity contribution is 0.0986. The van der Waals surface area contributed by atoms with Crippen LogP contribution in [0.3, 0.4) is 0 Å². The number of aryl methyl sites for hydroxylation is 1. The molecule has 0 unspecified atom stereocenters. The minimum Gasteiger partial charge on any atom is -0.497 e. The van der Waals surface area contributed by atoms with E-state index in [1.807, 2.05) is 29.0 Å². The summed E-state index contributed by atoms with van der Waals surface area (Å²) in [4.78, 5) is 23.8. The first kappa shape index (κ1) is 19.4. The molecular formula is C21H19ClN4O2S. The molecule has 0 aliphatic heterocycles. The molecule has 0 spiro atoms. The maximum absolute atomic E-state index is 13.3. The molecule has 29 heavy (non-hydrogen) atoms. The van der Waals surface area contributed by atoms with Gasteiger partial charge in [0, 0.05) is 36.1 Å². The molecule has 0 bridgehead atoms. The summed E-state index contributed by atoms with van der Waals surface area (Å²) in [6, 6.07) is 12.7. The molecule has 6 nitrogen and oxygen atoms in total. The quantitative estimate of drug-likeness (QED) is 0.422. The molecule has 0 N–H and O–H groups in total. The fraction of sp³-hybridized carbons (Fsp3) is 0.190. The number of anilines is 1. The van der Waals surface area contributed by atoms with E-state index < -0.39 is 0 Å². The van der Waals surface area contributed by atoms with Gasteiger partial charge in [0.2, 0.25) is 0 Å². The number of aromatic nitrogens is 3. The smallest absolute Gasteiger partial charge is 0.260 e. The van der Waals surface area contributed by atoms with Crippen LogP contribution in [0.5, 0.6) is 5.75 Å². The van der Waals surface area contributed by atoms with Gasteiger partial charge >= 0.3 is 0 Å². The van der Waals surface area contributed by atoms with E-state index in [0.29, 0.717) is 28.0 Å². The van der Waals surface area contributed by atoms with Crippen molar-refractivity contribution in [2.75, 3.05) is 18.6 Å². The van der Waals surface area contributed by atoms with Crippen LogP contribution in [0, 0.1) is 0 Å². The molecular weight excluding hydrogens is 408 g/mol. The highest BCUT2D eigenvalue weighted by Crippen LogP contribution is 2.32. The van der Waals surface area contributed by atoms with Gasteiger partial charge in [0.05, 0.1) is 23.7 Å². The molecule has 0 saturated heterocycles. The zero-order valence-electron chi connectivity index (χ0n) is 15.8. The Bertz CT molecular complexity index is 1110. The number of carbonyl (C=O) groups excluding carboxylic acids is 1. The lowest BCUT2D eigenvalue weighted by Gasteiger charge is -2.20. The Labute approximate surface area is 177 Å². The van der Waals surface area contributed by atoms with Gasteiger partial charge in [-0.3, -0.25) is 9.69 Å². The van der Waals surface area contributed by atoms with E-state index in [-0.39, 0.29) is 5.91 Å². The minimum absolute atomic E-state index is 0.0940. The number of amides is 1. The van der Waals surface area contributed by atoms with Gasteiger partial charge in [0.1, 0.15) is 5.75 Å². The third-order valence-electron chi connectivity index (χ3n) is 4.51. The molecule has 2 heterocycles. The molecule has 8 heteroatoms. The van der Waals surface area contributed by atoms with Crippen molar-refractivity contribution in [3.05, 3.63) is 71.8 Å². The third kappa shape index (κ3) is 4.41. The second-order valence-corrected chi connectivity index (χ2v) is 7.89. The Hall–Kier alpha value is -2.90. The van der Waals surface area contributed by atoms with Gasteiger partial charge < -0.3 is 9.30 Å². The Balaban J connectivity index is 1.61. The summed E-state index contributed by atoms with van der Waals surface area (Å²) < 4.78 is 8.14. The lowest BCUT2D eigenvalue weighted by atomic mass is 10.2. The van der Waals surface area contributed by atoms with Crippen molar-refractivity contribution >= 4 is 44.2 Å². The number of hydrogen-bond donors (Lipinski definition) is 0. The molecule has 4 aromatic rings. The van der Waals surface area contributed by atoms with Crippen LogP contribution in [0.15, 0.2) is 61.2 Å². The van der Waals surface area contributed by atoms with Crippen LogP contribution in [0.25, 0.3) is 10.2 Å². The number of hydrogen-bond acceptors (Lipinski definition) is 5. The van der Waals surface area contributed by atoms with Gasteiger partial charge in [0.25, 0.3) is 5.91 Å². The molecule has 0 aliphatic carbocycles. The Morgan fingerprint density at radius 2 is 2.07 bits per heavy atom. The van der Waals surface area contributed by atoms with E-state index in [1.54, 1.807) is 48.8 Å². The minimum atomic E-state index is -0.0940. The van der Waals surface area contributed by atoms with Crippen molar-refractivity contribution in [3.8, 4) is 5.75 Å². The molecule has 2 aromatic carbocycles. The SMILES string of the molecule is COc1ccc(C(=O)N(CCCn2ccnc2)c2nc3ccc(Cl)cc3s2)cc1. The van der Waals surface area contributed by atoms with Gasteiger partial charge in [-0.2, -0.15) is 0 Å². The number of thiazole rings is 1. The van der Waals surface area contributed by atoms with Crippen LogP contribution in [-0.4, -0.2) is 34.1 Å². The summed E-state index contributed by atoms with van der Waals surface area (Å²) in [5, 5.41) is 1.31. The van der Waals surface area contributed by atoms with Gasteiger partial charge in [-0.25, -0.2) is 9.97 Å². The monoisotopic (exact) mass is 426 g/mol. The standard InChI is InChI=1S/C21H19ClN4O2S/c1-28-17-6-3-15(4-7-17)20(27)26(11-2-10-25-12-9-23-14-25)21-24-18-8-5-16(22)13-19(18)29-21/h3-9,12-14H,2,10-11H2,1H3. The second-order valence-electron chi connectivity index (χ2n) is 6.45. The molecule has 4 rings (SSSR count). The van der Waals surface area contributed by atoms with Crippen LogP contribution < -0.4 is 9.64 Å². The van der Waals surface area contributed by atoms with Crippen LogP contribution >= 0.6 is 22.9 Å². The second kappa shape index (κ2) is 8.63. The molecule has 0 saturated carbocycles. The number of benzene rings is 2. The number of rotatable bonds is 7. The highest BCUT2D eigenvalue weighted by atomic mass is 35.5. The lowest BCUT2D eigenvalue weighted by Crippen LogP contribution is -2.32. The predicted octanol–water partition coefficient (Wildman–Crippen LogP) is 4.89. The van der Waals surface area contributed by atoms with E-state index in [0.717, 1.165) is 23.2 Å². The number of nitrogens with zero attached hydrogens (tertiary/aromatic N) is 4. The average Bonchev–Trinajstić information content (AvgIpc) is 3.40.